The zero-order valence-corrected chi connectivity index (χ0v) is 28.4. The van der Waals surface area contributed by atoms with Crippen LogP contribution < -0.4 is 10.6 Å². The zero-order valence-electron chi connectivity index (χ0n) is 28.4. The van der Waals surface area contributed by atoms with Crippen molar-refractivity contribution in [3.05, 3.63) is 177 Å². The van der Waals surface area contributed by atoms with Crippen molar-refractivity contribution in [3.63, 3.8) is 0 Å². The summed E-state index contributed by atoms with van der Waals surface area (Å²) < 4.78 is 88.5. The van der Waals surface area contributed by atoms with Crippen molar-refractivity contribution in [3.8, 4) is 0 Å². The molecule has 0 radical (unpaired) electrons. The first-order chi connectivity index (χ1) is 25.1. The number of carbonyl (C=O) groups excluding carboxylic acids is 1. The number of urea groups is 1. The molecule has 0 fully saturated rings. The van der Waals surface area contributed by atoms with Gasteiger partial charge >= 0.3 is 18.4 Å². The molecule has 14 heteroatoms. The lowest BCUT2D eigenvalue weighted by atomic mass is 9.80. The third-order valence-electron chi connectivity index (χ3n) is 8.65. The molecule has 0 aliphatic rings. The monoisotopic (exact) mass is 736 g/mol. The van der Waals surface area contributed by atoms with E-state index >= 15 is 0 Å². The van der Waals surface area contributed by atoms with Crippen LogP contribution >= 0.6 is 0 Å². The summed E-state index contributed by atoms with van der Waals surface area (Å²) in [5, 5.41) is 16.3. The number of nitro benzene ring substituents is 1. The Morgan fingerprint density at radius 1 is 0.698 bits per heavy atom. The number of benzene rings is 5. The molecule has 5 rings (SSSR count). The van der Waals surface area contributed by atoms with Gasteiger partial charge in [-0.05, 0) is 54.5 Å². The summed E-state index contributed by atoms with van der Waals surface area (Å²) in [7, 11) is 3.40. The lowest BCUT2D eigenvalue weighted by molar-refractivity contribution is -0.384. The van der Waals surface area contributed by atoms with Gasteiger partial charge in [-0.3, -0.25) is 10.1 Å². The average molecular weight is 737 g/mol. The van der Waals surface area contributed by atoms with Gasteiger partial charge in [0.25, 0.3) is 5.69 Å². The van der Waals surface area contributed by atoms with E-state index in [0.717, 1.165) is 16.7 Å². The van der Waals surface area contributed by atoms with Crippen molar-refractivity contribution in [1.82, 2.24) is 10.2 Å². The predicted octanol–water partition coefficient (Wildman–Crippen LogP) is 9.43. The smallest absolute Gasteiger partial charge is 0.359 e. The van der Waals surface area contributed by atoms with Crippen LogP contribution in [0.15, 0.2) is 133 Å². The summed E-state index contributed by atoms with van der Waals surface area (Å²) in [6.45, 7) is -0.116. The number of carbonyl (C=O) groups is 1. The lowest BCUT2D eigenvalue weighted by Crippen LogP contribution is -2.48. The van der Waals surface area contributed by atoms with Gasteiger partial charge in [0.15, 0.2) is 0 Å². The summed E-state index contributed by atoms with van der Waals surface area (Å²) in [6.07, 6.45) is -10.3. The van der Waals surface area contributed by atoms with Crippen LogP contribution in [0.2, 0.25) is 0 Å². The third-order valence-corrected chi connectivity index (χ3v) is 8.65. The Balaban J connectivity index is 1.57. The number of ether oxygens (including phenoxy) is 1. The fourth-order valence-corrected chi connectivity index (χ4v) is 6.06. The lowest BCUT2D eigenvalue weighted by Gasteiger charge is -2.40. The highest BCUT2D eigenvalue weighted by Crippen LogP contribution is 2.42. The molecule has 2 N–H and O–H groups in total. The minimum absolute atomic E-state index is 0.0410. The van der Waals surface area contributed by atoms with Crippen LogP contribution in [0.25, 0.3) is 0 Å². The molecule has 5 aromatic rings. The summed E-state index contributed by atoms with van der Waals surface area (Å²) in [5.74, 6) is 0. The van der Waals surface area contributed by atoms with E-state index < -0.39 is 57.8 Å². The Morgan fingerprint density at radius 2 is 1.13 bits per heavy atom. The maximum atomic E-state index is 13.6. The molecule has 0 aliphatic carbocycles. The van der Waals surface area contributed by atoms with Crippen LogP contribution in [0.1, 0.15) is 39.4 Å². The number of likely N-dealkylation sites (N-methyl/N-ethyl adjacent to an activating group) is 1. The van der Waals surface area contributed by atoms with Gasteiger partial charge in [0.2, 0.25) is 0 Å². The minimum atomic E-state index is -5.13. The van der Waals surface area contributed by atoms with E-state index in [4.69, 9.17) is 4.74 Å². The summed E-state index contributed by atoms with van der Waals surface area (Å²) in [6, 6.07) is 31.3. The number of non-ortho nitro benzene ring substituents is 1. The molecule has 0 aromatic heterocycles. The molecule has 0 spiro atoms. The maximum Gasteiger partial charge on any atom is 0.416 e. The van der Waals surface area contributed by atoms with E-state index in [1.165, 1.54) is 24.3 Å². The van der Waals surface area contributed by atoms with Crippen molar-refractivity contribution in [2.24, 2.45) is 0 Å². The molecule has 2 amide bonds. The summed E-state index contributed by atoms with van der Waals surface area (Å²) in [4.78, 5) is 26.1. The number of nitrogens with zero attached hydrogens (tertiary/aromatic N) is 2. The van der Waals surface area contributed by atoms with Crippen molar-refractivity contribution in [1.29, 1.82) is 0 Å². The first kappa shape index (κ1) is 38.5. The predicted molar refractivity (Wildman–Crippen MR) is 187 cm³/mol. The van der Waals surface area contributed by atoms with Gasteiger partial charge in [0.05, 0.1) is 34.7 Å². The van der Waals surface area contributed by atoms with Crippen LogP contribution in [-0.4, -0.2) is 42.6 Å². The Hall–Kier alpha value is -5.73. The zero-order chi connectivity index (χ0) is 38.4. The number of nitrogens with one attached hydrogen (secondary N) is 2. The van der Waals surface area contributed by atoms with Gasteiger partial charge in [-0.25, -0.2) is 4.79 Å². The number of nitro groups is 1. The highest BCUT2D eigenvalue weighted by Gasteiger charge is 2.40. The summed E-state index contributed by atoms with van der Waals surface area (Å²) >= 11 is 0. The molecule has 0 aliphatic heterocycles. The van der Waals surface area contributed by atoms with Gasteiger partial charge in [-0.15, -0.1) is 0 Å². The average Bonchev–Trinajstić information content (AvgIpc) is 3.13. The molecule has 0 saturated carbocycles. The third kappa shape index (κ3) is 9.02. The standard InChI is InChI=1S/C39H34F6N4O4/c1-48(2)34(25-53-37(27-12-6-3-7-13-27,28-14-8-4-9-15-28)29-16-10-5-11-17-29)35(26-18-20-33(21-19-26)49(51)52)47-36(50)46-32-23-30(38(40,41)42)22-31(24-32)39(43,44)45/h3-24,34-35H,25H2,1-2H3,(H2,46,47,50)/t34-,35+/m0/s1. The number of alkyl halides is 6. The van der Waals surface area contributed by atoms with Gasteiger partial charge in [-0.2, -0.15) is 26.3 Å². The topological polar surface area (TPSA) is 96.7 Å². The molecule has 0 saturated heterocycles. The van der Waals surface area contributed by atoms with E-state index in [2.05, 4.69) is 10.6 Å². The fraction of sp³-hybridized carbons (Fsp3) is 0.205. The highest BCUT2D eigenvalue weighted by molar-refractivity contribution is 5.90. The Labute approximate surface area is 301 Å². The van der Waals surface area contributed by atoms with Crippen LogP contribution in [0.3, 0.4) is 0 Å². The van der Waals surface area contributed by atoms with E-state index in [1.54, 1.807) is 19.0 Å². The van der Waals surface area contributed by atoms with E-state index in [1.807, 2.05) is 91.0 Å². The maximum absolute atomic E-state index is 13.6. The van der Waals surface area contributed by atoms with E-state index in [-0.39, 0.29) is 18.4 Å². The first-order valence-corrected chi connectivity index (χ1v) is 16.2. The van der Waals surface area contributed by atoms with Gasteiger partial charge < -0.3 is 20.3 Å². The molecule has 0 heterocycles. The van der Waals surface area contributed by atoms with Gasteiger partial charge in [0, 0.05) is 17.8 Å². The number of amides is 2. The van der Waals surface area contributed by atoms with Gasteiger partial charge in [0.1, 0.15) is 5.60 Å². The normalized spacial score (nSPS) is 13.3. The molecular weight excluding hydrogens is 702 g/mol. The number of hydrogen-bond donors (Lipinski definition) is 2. The largest absolute Gasteiger partial charge is 0.416 e. The van der Waals surface area contributed by atoms with Crippen molar-refractivity contribution < 1.29 is 40.8 Å². The van der Waals surface area contributed by atoms with Crippen molar-refractivity contribution in [2.75, 3.05) is 26.0 Å². The molecule has 53 heavy (non-hydrogen) atoms. The van der Waals surface area contributed by atoms with Crippen LogP contribution in [-0.2, 0) is 22.7 Å². The summed E-state index contributed by atoms with van der Waals surface area (Å²) in [5.41, 5.74) is -2.73. The molecule has 0 unspecified atom stereocenters. The van der Waals surface area contributed by atoms with Gasteiger partial charge in [-0.1, -0.05) is 103 Å². The first-order valence-electron chi connectivity index (χ1n) is 16.2. The fourth-order valence-electron chi connectivity index (χ4n) is 6.06. The second-order valence-corrected chi connectivity index (χ2v) is 12.3. The van der Waals surface area contributed by atoms with Crippen LogP contribution in [0.5, 0.6) is 0 Å². The Morgan fingerprint density at radius 3 is 1.51 bits per heavy atom. The Bertz CT molecular complexity index is 1860. The second-order valence-electron chi connectivity index (χ2n) is 12.3. The van der Waals surface area contributed by atoms with Crippen LogP contribution in [0.4, 0.5) is 42.5 Å². The molecule has 8 nitrogen and oxygen atoms in total. The SMILES string of the molecule is CN(C)[C@@H](COC(c1ccccc1)(c1ccccc1)c1ccccc1)[C@H](NC(=O)Nc1cc(C(F)(F)F)cc(C(F)(F)F)c1)c1ccc([N+](=O)[O-])cc1. The number of anilines is 1. The van der Waals surface area contributed by atoms with Crippen molar-refractivity contribution >= 4 is 17.4 Å². The van der Waals surface area contributed by atoms with Crippen molar-refractivity contribution in [2.45, 2.75) is 30.0 Å². The number of halogens is 6. The second kappa shape index (κ2) is 15.9. The molecule has 0 bridgehead atoms. The number of rotatable bonds is 12. The van der Waals surface area contributed by atoms with E-state index in [0.29, 0.717) is 17.7 Å². The van der Waals surface area contributed by atoms with Crippen LogP contribution in [0, 0.1) is 10.1 Å². The molecule has 5 aromatic carbocycles. The Kier molecular flexibility index (Phi) is 11.5. The quantitative estimate of drug-likeness (QED) is 0.0576. The molecule has 276 valence electrons. The molecule has 2 atom stereocenters. The number of hydrogen-bond acceptors (Lipinski definition) is 5. The minimum Gasteiger partial charge on any atom is -0.359 e. The highest BCUT2D eigenvalue weighted by atomic mass is 19.4. The van der Waals surface area contributed by atoms with E-state index in [9.17, 15) is 41.3 Å². The molecular formula is C39H34F6N4O4.